The van der Waals surface area contributed by atoms with Crippen molar-refractivity contribution in [3.05, 3.63) is 29.6 Å². The monoisotopic (exact) mass is 261 g/mol. The second-order valence-electron chi connectivity index (χ2n) is 4.22. The van der Waals surface area contributed by atoms with E-state index in [1.54, 1.807) is 11.8 Å². The molecule has 0 saturated carbocycles. The highest BCUT2D eigenvalue weighted by Gasteiger charge is 2.23. The van der Waals surface area contributed by atoms with Crippen molar-refractivity contribution in [1.82, 2.24) is 0 Å². The van der Waals surface area contributed by atoms with Crippen LogP contribution in [0.5, 0.6) is 0 Å². The van der Waals surface area contributed by atoms with Crippen LogP contribution in [0.15, 0.2) is 12.1 Å². The van der Waals surface area contributed by atoms with E-state index in [2.05, 4.69) is 12.2 Å². The van der Waals surface area contributed by atoms with E-state index in [1.807, 2.05) is 0 Å². The molecule has 0 aromatic heterocycles. The number of benzene rings is 1. The molecule has 1 nitrogen and oxygen atoms in total. The summed E-state index contributed by atoms with van der Waals surface area (Å²) in [5, 5.41) is 3.31. The zero-order valence-corrected chi connectivity index (χ0v) is 10.3. The molecule has 2 rings (SSSR count). The fourth-order valence-electron chi connectivity index (χ4n) is 1.95. The van der Waals surface area contributed by atoms with Gasteiger partial charge >= 0.3 is 0 Å². The molecule has 94 valence electrons. The maximum absolute atomic E-state index is 13.4. The highest BCUT2D eigenvalue weighted by atomic mass is 32.2. The molecule has 5 heteroatoms. The van der Waals surface area contributed by atoms with Gasteiger partial charge in [-0.3, -0.25) is 0 Å². The first-order valence-electron chi connectivity index (χ1n) is 5.60. The van der Waals surface area contributed by atoms with E-state index in [0.717, 1.165) is 24.7 Å². The standard InChI is InChI=1S/C12H14F3NS/c1-7-11(3-2-4-17-7)16-12-6-9(14)8(13)5-10(12)15/h5-7,11,16H,2-4H2,1H3. The number of rotatable bonds is 2. The molecule has 1 saturated heterocycles. The molecule has 0 spiro atoms. The largest absolute Gasteiger partial charge is 0.379 e. The summed E-state index contributed by atoms with van der Waals surface area (Å²) in [4.78, 5) is 0. The number of nitrogens with one attached hydrogen (secondary N) is 1. The van der Waals surface area contributed by atoms with Crippen LogP contribution in [0.1, 0.15) is 19.8 Å². The van der Waals surface area contributed by atoms with Crippen LogP contribution in [0, 0.1) is 17.5 Å². The Hall–Kier alpha value is -0.840. The predicted octanol–water partition coefficient (Wildman–Crippen LogP) is 3.80. The van der Waals surface area contributed by atoms with Crippen molar-refractivity contribution >= 4 is 17.4 Å². The lowest BCUT2D eigenvalue weighted by atomic mass is 10.1. The lowest BCUT2D eigenvalue weighted by Crippen LogP contribution is -2.33. The van der Waals surface area contributed by atoms with Crippen LogP contribution in [0.3, 0.4) is 0 Å². The number of anilines is 1. The third-order valence-electron chi connectivity index (χ3n) is 2.96. The SMILES string of the molecule is CC1SCCCC1Nc1cc(F)c(F)cc1F. The summed E-state index contributed by atoms with van der Waals surface area (Å²) in [5.74, 6) is -1.82. The molecule has 0 amide bonds. The van der Waals surface area contributed by atoms with Crippen molar-refractivity contribution < 1.29 is 13.2 Å². The molecule has 0 bridgehead atoms. The van der Waals surface area contributed by atoms with Gasteiger partial charge in [-0.1, -0.05) is 6.92 Å². The highest BCUT2D eigenvalue weighted by Crippen LogP contribution is 2.29. The Labute approximate surface area is 103 Å². The Bertz CT molecular complexity index is 411. The zero-order chi connectivity index (χ0) is 12.4. The lowest BCUT2D eigenvalue weighted by molar-refractivity contribution is 0.494. The summed E-state index contributed by atoms with van der Waals surface area (Å²) in [6.45, 7) is 2.05. The third-order valence-corrected chi connectivity index (χ3v) is 4.34. The molecule has 2 atom stereocenters. The van der Waals surface area contributed by atoms with Crippen molar-refractivity contribution in [2.45, 2.75) is 31.1 Å². The van der Waals surface area contributed by atoms with E-state index in [1.165, 1.54) is 0 Å². The summed E-state index contributed by atoms with van der Waals surface area (Å²) in [6, 6.07) is 1.57. The van der Waals surface area contributed by atoms with Crippen molar-refractivity contribution in [1.29, 1.82) is 0 Å². The Kier molecular flexibility index (Phi) is 3.86. The van der Waals surface area contributed by atoms with Crippen LogP contribution in [0.2, 0.25) is 0 Å². The van der Waals surface area contributed by atoms with Gasteiger partial charge in [-0.05, 0) is 18.6 Å². The summed E-state index contributed by atoms with van der Waals surface area (Å²) >= 11 is 1.81. The Morgan fingerprint density at radius 1 is 1.18 bits per heavy atom. The molecule has 1 aromatic rings. The fraction of sp³-hybridized carbons (Fsp3) is 0.500. The molecule has 1 fully saturated rings. The molecule has 1 aliphatic heterocycles. The van der Waals surface area contributed by atoms with Crippen LogP contribution >= 0.6 is 11.8 Å². The van der Waals surface area contributed by atoms with E-state index in [-0.39, 0.29) is 11.7 Å². The fourth-order valence-corrected chi connectivity index (χ4v) is 3.09. The number of hydrogen-bond donors (Lipinski definition) is 1. The van der Waals surface area contributed by atoms with Gasteiger partial charge in [0.25, 0.3) is 0 Å². The smallest absolute Gasteiger partial charge is 0.161 e. The molecule has 1 heterocycles. The van der Waals surface area contributed by atoms with E-state index in [4.69, 9.17) is 0 Å². The van der Waals surface area contributed by atoms with Gasteiger partial charge < -0.3 is 5.32 Å². The third kappa shape index (κ3) is 2.89. The van der Waals surface area contributed by atoms with Gasteiger partial charge in [-0.25, -0.2) is 13.2 Å². The van der Waals surface area contributed by atoms with Crippen molar-refractivity contribution in [2.75, 3.05) is 11.1 Å². The number of hydrogen-bond acceptors (Lipinski definition) is 2. The Morgan fingerprint density at radius 2 is 1.88 bits per heavy atom. The average molecular weight is 261 g/mol. The van der Waals surface area contributed by atoms with E-state index in [9.17, 15) is 13.2 Å². The maximum Gasteiger partial charge on any atom is 0.161 e. The molecule has 1 aromatic carbocycles. The number of thioether (sulfide) groups is 1. The molecular weight excluding hydrogens is 247 g/mol. The molecule has 0 radical (unpaired) electrons. The first kappa shape index (κ1) is 12.6. The van der Waals surface area contributed by atoms with Gasteiger partial charge in [0.05, 0.1) is 5.69 Å². The van der Waals surface area contributed by atoms with Crippen molar-refractivity contribution in [3.8, 4) is 0 Å². The summed E-state index contributed by atoms with van der Waals surface area (Å²) < 4.78 is 39.2. The van der Waals surface area contributed by atoms with Crippen LogP contribution < -0.4 is 5.32 Å². The summed E-state index contributed by atoms with van der Waals surface area (Å²) in [7, 11) is 0. The number of halogens is 3. The quantitative estimate of drug-likeness (QED) is 0.813. The Balaban J connectivity index is 2.15. The minimum Gasteiger partial charge on any atom is -0.379 e. The zero-order valence-electron chi connectivity index (χ0n) is 9.47. The minimum atomic E-state index is -1.15. The molecule has 1 aliphatic rings. The average Bonchev–Trinajstić information content (AvgIpc) is 2.29. The summed E-state index contributed by atoms with van der Waals surface area (Å²) in [6.07, 6.45) is 1.98. The van der Waals surface area contributed by atoms with Crippen molar-refractivity contribution in [3.63, 3.8) is 0 Å². The maximum atomic E-state index is 13.4. The highest BCUT2D eigenvalue weighted by molar-refractivity contribution is 8.00. The van der Waals surface area contributed by atoms with Crippen molar-refractivity contribution in [2.24, 2.45) is 0 Å². The van der Waals surface area contributed by atoms with E-state index in [0.29, 0.717) is 11.3 Å². The molecule has 17 heavy (non-hydrogen) atoms. The van der Waals surface area contributed by atoms with Gasteiger partial charge in [-0.2, -0.15) is 11.8 Å². The minimum absolute atomic E-state index is 0.0447. The lowest BCUT2D eigenvalue weighted by Gasteiger charge is -2.30. The molecule has 0 aliphatic carbocycles. The van der Waals surface area contributed by atoms with Crippen LogP contribution in [-0.2, 0) is 0 Å². The predicted molar refractivity (Wildman–Crippen MR) is 64.9 cm³/mol. The molecule has 2 unspecified atom stereocenters. The first-order valence-corrected chi connectivity index (χ1v) is 6.65. The van der Waals surface area contributed by atoms with Gasteiger partial charge in [0, 0.05) is 23.4 Å². The van der Waals surface area contributed by atoms with Crippen LogP contribution in [-0.4, -0.2) is 17.0 Å². The molecule has 1 N–H and O–H groups in total. The van der Waals surface area contributed by atoms with Gasteiger partial charge in [0.1, 0.15) is 5.82 Å². The van der Waals surface area contributed by atoms with Crippen LogP contribution in [0.25, 0.3) is 0 Å². The van der Waals surface area contributed by atoms with Gasteiger partial charge in [0.2, 0.25) is 0 Å². The van der Waals surface area contributed by atoms with E-state index < -0.39 is 17.5 Å². The van der Waals surface area contributed by atoms with Gasteiger partial charge in [-0.15, -0.1) is 0 Å². The second kappa shape index (κ2) is 5.21. The van der Waals surface area contributed by atoms with Gasteiger partial charge in [0.15, 0.2) is 11.6 Å². The summed E-state index contributed by atoms with van der Waals surface area (Å²) in [5.41, 5.74) is 0.0447. The normalized spacial score (nSPS) is 24.7. The Morgan fingerprint density at radius 3 is 2.59 bits per heavy atom. The van der Waals surface area contributed by atoms with Crippen LogP contribution in [0.4, 0.5) is 18.9 Å². The topological polar surface area (TPSA) is 12.0 Å². The second-order valence-corrected chi connectivity index (χ2v) is 5.70. The molecular formula is C12H14F3NS. The van der Waals surface area contributed by atoms with E-state index >= 15 is 0 Å². The first-order chi connectivity index (χ1) is 8.08.